The molecule has 1 N–H and O–H groups in total. The summed E-state index contributed by atoms with van der Waals surface area (Å²) in [5.74, 6) is 0.784. The van der Waals surface area contributed by atoms with Crippen LogP contribution in [0.5, 0.6) is 5.75 Å². The summed E-state index contributed by atoms with van der Waals surface area (Å²) in [4.78, 5) is 20.0. The molecule has 7 heteroatoms. The lowest BCUT2D eigenvalue weighted by atomic mass is 9.93. The van der Waals surface area contributed by atoms with E-state index in [2.05, 4.69) is 24.1 Å². The smallest absolute Gasteiger partial charge is 0.262 e. The van der Waals surface area contributed by atoms with Gasteiger partial charge < -0.3 is 14.8 Å². The monoisotopic (exact) mass is 427 g/mol. The molecule has 0 saturated carbocycles. The highest BCUT2D eigenvalue weighted by Crippen LogP contribution is 2.33. The van der Waals surface area contributed by atoms with Gasteiger partial charge in [-0.05, 0) is 44.7 Å². The zero-order valence-corrected chi connectivity index (χ0v) is 18.6. The van der Waals surface area contributed by atoms with E-state index in [1.54, 1.807) is 29.3 Å². The minimum Gasteiger partial charge on any atom is -0.496 e. The molecule has 0 fully saturated rings. The highest BCUT2D eigenvalue weighted by molar-refractivity contribution is 7.18. The van der Waals surface area contributed by atoms with Crippen molar-refractivity contribution in [3.63, 3.8) is 0 Å². The minimum atomic E-state index is 0.0418. The van der Waals surface area contributed by atoms with Crippen LogP contribution in [0.2, 0.25) is 0 Å². The number of thiophene rings is 1. The van der Waals surface area contributed by atoms with Crippen LogP contribution >= 0.6 is 11.3 Å². The van der Waals surface area contributed by atoms with Gasteiger partial charge >= 0.3 is 0 Å². The van der Waals surface area contributed by atoms with E-state index < -0.39 is 0 Å². The summed E-state index contributed by atoms with van der Waals surface area (Å²) in [5, 5.41) is 4.40. The first-order chi connectivity index (χ1) is 14.6. The van der Waals surface area contributed by atoms with E-state index in [0.717, 1.165) is 53.9 Å². The number of nitrogens with one attached hydrogen (secondary N) is 1. The van der Waals surface area contributed by atoms with Crippen LogP contribution in [0, 0.1) is 0 Å². The molecule has 1 aliphatic rings. The van der Waals surface area contributed by atoms with Gasteiger partial charge in [-0.2, -0.15) is 0 Å². The maximum atomic E-state index is 13.3. The van der Waals surface area contributed by atoms with Crippen LogP contribution in [-0.2, 0) is 24.1 Å². The van der Waals surface area contributed by atoms with Crippen LogP contribution < -0.4 is 15.6 Å². The van der Waals surface area contributed by atoms with Crippen molar-refractivity contribution in [2.45, 2.75) is 51.8 Å². The summed E-state index contributed by atoms with van der Waals surface area (Å²) in [5.41, 5.74) is 2.21. The molecule has 160 valence electrons. The Balaban J connectivity index is 1.54. The van der Waals surface area contributed by atoms with E-state index in [-0.39, 0.29) is 11.7 Å². The van der Waals surface area contributed by atoms with Crippen molar-refractivity contribution in [2.75, 3.05) is 20.3 Å². The molecule has 6 nitrogen and oxygen atoms in total. The van der Waals surface area contributed by atoms with Crippen molar-refractivity contribution in [1.82, 2.24) is 14.9 Å². The van der Waals surface area contributed by atoms with Crippen molar-refractivity contribution in [2.24, 2.45) is 0 Å². The third kappa shape index (κ3) is 4.43. The Morgan fingerprint density at radius 3 is 2.97 bits per heavy atom. The molecule has 3 aromatic rings. The summed E-state index contributed by atoms with van der Waals surface area (Å²) in [7, 11) is 1.65. The Labute approximate surface area is 180 Å². The van der Waals surface area contributed by atoms with E-state index >= 15 is 0 Å². The zero-order valence-electron chi connectivity index (χ0n) is 17.8. The van der Waals surface area contributed by atoms with Gasteiger partial charge in [-0.15, -0.1) is 11.3 Å². The molecule has 2 aromatic heterocycles. The molecule has 0 aliphatic heterocycles. The largest absolute Gasteiger partial charge is 0.496 e. The summed E-state index contributed by atoms with van der Waals surface area (Å²) >= 11 is 1.66. The molecule has 4 rings (SSSR count). The summed E-state index contributed by atoms with van der Waals surface area (Å²) in [6.07, 6.45) is 4.81. The average molecular weight is 428 g/mol. The third-order valence-electron chi connectivity index (χ3n) is 5.56. The van der Waals surface area contributed by atoms with Crippen molar-refractivity contribution in [1.29, 1.82) is 0 Å². The van der Waals surface area contributed by atoms with Crippen molar-refractivity contribution in [3.05, 3.63) is 57.0 Å². The Morgan fingerprint density at radius 2 is 2.17 bits per heavy atom. The van der Waals surface area contributed by atoms with E-state index in [9.17, 15) is 4.79 Å². The predicted octanol–water partition coefficient (Wildman–Crippen LogP) is 3.39. The number of benzene rings is 1. The lowest BCUT2D eigenvalue weighted by molar-refractivity contribution is 0.0791. The van der Waals surface area contributed by atoms with Crippen LogP contribution in [0.3, 0.4) is 0 Å². The summed E-state index contributed by atoms with van der Waals surface area (Å²) in [6.45, 7) is 6.14. The van der Waals surface area contributed by atoms with Crippen molar-refractivity contribution >= 4 is 21.6 Å². The summed E-state index contributed by atoms with van der Waals surface area (Å²) < 4.78 is 12.8. The fraction of sp³-hybridized carbons (Fsp3) is 0.478. The molecular formula is C23H29N3O3S. The Morgan fingerprint density at radius 1 is 1.33 bits per heavy atom. The highest BCUT2D eigenvalue weighted by atomic mass is 32.1. The molecule has 0 radical (unpaired) electrons. The number of ether oxygens (including phenoxy) is 2. The lowest BCUT2D eigenvalue weighted by Gasteiger charge is -2.23. The normalized spacial score (nSPS) is 16.2. The quantitative estimate of drug-likeness (QED) is 0.558. The number of rotatable bonds is 8. The van der Waals surface area contributed by atoms with E-state index in [4.69, 9.17) is 9.47 Å². The number of aryl methyl sites for hydroxylation is 1. The highest BCUT2D eigenvalue weighted by Gasteiger charge is 2.25. The van der Waals surface area contributed by atoms with Gasteiger partial charge in [0, 0.05) is 23.0 Å². The van der Waals surface area contributed by atoms with Gasteiger partial charge in [0.15, 0.2) is 0 Å². The van der Waals surface area contributed by atoms with Gasteiger partial charge in [-0.3, -0.25) is 9.36 Å². The number of nitrogens with zero attached hydrogens (tertiary/aromatic N) is 2. The van der Waals surface area contributed by atoms with E-state index in [1.807, 2.05) is 24.3 Å². The SMILES string of the molecule is COc1ccccc1Cn1cnc2sc3c(c2c1=O)CCC(NCCOC(C)C)C3. The topological polar surface area (TPSA) is 65.4 Å². The molecule has 0 saturated heterocycles. The van der Waals surface area contributed by atoms with Gasteiger partial charge in [0.2, 0.25) is 0 Å². The van der Waals surface area contributed by atoms with Crippen LogP contribution in [0.4, 0.5) is 0 Å². The third-order valence-corrected chi connectivity index (χ3v) is 6.72. The van der Waals surface area contributed by atoms with Crippen LogP contribution in [0.1, 0.15) is 36.3 Å². The maximum absolute atomic E-state index is 13.3. The molecule has 1 aromatic carbocycles. The van der Waals surface area contributed by atoms with Crippen LogP contribution in [0.25, 0.3) is 10.2 Å². The lowest BCUT2D eigenvalue weighted by Crippen LogP contribution is -2.36. The second kappa shape index (κ2) is 9.29. The molecule has 0 spiro atoms. The number of hydrogen-bond acceptors (Lipinski definition) is 6. The first-order valence-electron chi connectivity index (χ1n) is 10.5. The Hall–Kier alpha value is -2.22. The molecule has 1 atom stereocenters. The van der Waals surface area contributed by atoms with Gasteiger partial charge in [-0.25, -0.2) is 4.98 Å². The molecular weight excluding hydrogens is 398 g/mol. The standard InChI is InChI=1S/C23H29N3O3S/c1-15(2)29-11-10-24-17-8-9-18-20(12-17)30-22-21(18)23(27)26(14-25-22)13-16-6-4-5-7-19(16)28-3/h4-7,14-15,17,24H,8-13H2,1-3H3. The second-order valence-electron chi connectivity index (χ2n) is 7.99. The fourth-order valence-corrected chi connectivity index (χ4v) is 5.32. The first-order valence-corrected chi connectivity index (χ1v) is 11.3. The predicted molar refractivity (Wildman–Crippen MR) is 121 cm³/mol. The number of para-hydroxylation sites is 1. The van der Waals surface area contributed by atoms with Gasteiger partial charge in [0.1, 0.15) is 10.6 Å². The molecule has 30 heavy (non-hydrogen) atoms. The zero-order chi connectivity index (χ0) is 21.1. The molecule has 0 amide bonds. The fourth-order valence-electron chi connectivity index (χ4n) is 4.06. The van der Waals surface area contributed by atoms with Gasteiger partial charge in [0.25, 0.3) is 5.56 Å². The van der Waals surface area contributed by atoms with Crippen LogP contribution in [0.15, 0.2) is 35.4 Å². The Bertz CT molecular complexity index is 1070. The molecule has 1 aliphatic carbocycles. The first kappa shape index (κ1) is 21.0. The van der Waals surface area contributed by atoms with Gasteiger partial charge in [-0.1, -0.05) is 18.2 Å². The van der Waals surface area contributed by atoms with E-state index in [1.165, 1.54) is 10.4 Å². The second-order valence-corrected chi connectivity index (χ2v) is 9.07. The average Bonchev–Trinajstić information content (AvgIpc) is 3.12. The van der Waals surface area contributed by atoms with Gasteiger partial charge in [0.05, 0.1) is 38.1 Å². The molecule has 2 heterocycles. The van der Waals surface area contributed by atoms with E-state index in [0.29, 0.717) is 12.6 Å². The Kier molecular flexibility index (Phi) is 6.51. The van der Waals surface area contributed by atoms with Crippen molar-refractivity contribution < 1.29 is 9.47 Å². The maximum Gasteiger partial charge on any atom is 0.262 e. The molecule has 1 unspecified atom stereocenters. The number of methoxy groups -OCH3 is 1. The number of hydrogen-bond donors (Lipinski definition) is 1. The number of fused-ring (bicyclic) bond motifs is 3. The summed E-state index contributed by atoms with van der Waals surface area (Å²) in [6, 6.07) is 8.22. The van der Waals surface area contributed by atoms with Crippen LogP contribution in [-0.4, -0.2) is 42.0 Å². The number of aromatic nitrogens is 2. The minimum absolute atomic E-state index is 0.0418. The van der Waals surface area contributed by atoms with Crippen molar-refractivity contribution in [3.8, 4) is 5.75 Å². The molecule has 0 bridgehead atoms.